The van der Waals surface area contributed by atoms with Crippen LogP contribution in [0, 0.1) is 6.92 Å². The van der Waals surface area contributed by atoms with Gasteiger partial charge in [0.2, 0.25) is 5.91 Å². The molecule has 5 nitrogen and oxygen atoms in total. The zero-order chi connectivity index (χ0) is 17.3. The number of hydrogen-bond acceptors (Lipinski definition) is 4. The first kappa shape index (κ1) is 16.8. The summed E-state index contributed by atoms with van der Waals surface area (Å²) in [5, 5.41) is 3.62. The van der Waals surface area contributed by atoms with Crippen molar-refractivity contribution < 1.29 is 4.79 Å². The second kappa shape index (κ2) is 6.81. The van der Waals surface area contributed by atoms with E-state index in [2.05, 4.69) is 24.1 Å². The molecule has 2 heterocycles. The number of amides is 1. The summed E-state index contributed by atoms with van der Waals surface area (Å²) < 4.78 is 1.64. The van der Waals surface area contributed by atoms with E-state index >= 15 is 0 Å². The maximum Gasteiger partial charge on any atom is 0.254 e. The van der Waals surface area contributed by atoms with Gasteiger partial charge in [-0.3, -0.25) is 14.2 Å². The molecular formula is C18H21N3O2S. The van der Waals surface area contributed by atoms with Crippen molar-refractivity contribution in [2.45, 2.75) is 44.3 Å². The molecule has 1 N–H and O–H groups in total. The number of carbonyl (C=O) groups excluding carboxylic acids is 1. The summed E-state index contributed by atoms with van der Waals surface area (Å²) in [7, 11) is 0. The van der Waals surface area contributed by atoms with Crippen molar-refractivity contribution in [3.8, 4) is 0 Å². The Bertz CT molecular complexity index is 812. The maximum atomic E-state index is 12.3. The average Bonchev–Trinajstić information content (AvgIpc) is 2.90. The molecule has 0 radical (unpaired) electrons. The molecule has 2 aromatic rings. The highest BCUT2D eigenvalue weighted by Gasteiger charge is 2.27. The zero-order valence-electron chi connectivity index (χ0n) is 14.1. The lowest BCUT2D eigenvalue weighted by Crippen LogP contribution is -2.27. The number of fused-ring (bicyclic) bond motifs is 1. The fourth-order valence-electron chi connectivity index (χ4n) is 2.79. The molecule has 24 heavy (non-hydrogen) atoms. The lowest BCUT2D eigenvalue weighted by Gasteiger charge is -2.13. The molecule has 126 valence electrons. The van der Waals surface area contributed by atoms with Crippen molar-refractivity contribution >= 4 is 23.4 Å². The Morgan fingerprint density at radius 1 is 1.38 bits per heavy atom. The number of nitrogens with one attached hydrogen (secondary N) is 1. The summed E-state index contributed by atoms with van der Waals surface area (Å²) in [4.78, 5) is 28.9. The number of nitrogens with zero attached hydrogens (tertiary/aromatic N) is 2. The molecule has 3 rings (SSSR count). The number of rotatable bonds is 4. The second-order valence-electron chi connectivity index (χ2n) is 6.38. The van der Waals surface area contributed by atoms with Crippen LogP contribution in [0.15, 0.2) is 40.3 Å². The molecule has 0 fully saturated rings. The fraction of sp³-hybridized carbons (Fsp3) is 0.389. The molecule has 1 aliphatic rings. The van der Waals surface area contributed by atoms with E-state index in [0.717, 1.165) is 5.69 Å². The van der Waals surface area contributed by atoms with E-state index in [1.807, 2.05) is 31.2 Å². The minimum Gasteiger partial charge on any atom is -0.326 e. The zero-order valence-corrected chi connectivity index (χ0v) is 14.9. The lowest BCUT2D eigenvalue weighted by atomic mass is 10.0. The number of anilines is 1. The van der Waals surface area contributed by atoms with Crippen LogP contribution in [0.2, 0.25) is 0 Å². The quantitative estimate of drug-likeness (QED) is 0.865. The molecule has 1 aromatic heterocycles. The minimum absolute atomic E-state index is 0.0819. The number of aryl methyl sites for hydroxylation is 1. The predicted octanol–water partition coefficient (Wildman–Crippen LogP) is 3.35. The van der Waals surface area contributed by atoms with Gasteiger partial charge in [0.1, 0.15) is 0 Å². The van der Waals surface area contributed by atoms with Gasteiger partial charge in [0, 0.05) is 29.6 Å². The van der Waals surface area contributed by atoms with Gasteiger partial charge >= 0.3 is 0 Å². The van der Waals surface area contributed by atoms with Gasteiger partial charge in [-0.2, -0.15) is 0 Å². The highest BCUT2D eigenvalue weighted by atomic mass is 32.2. The molecule has 0 saturated heterocycles. The Morgan fingerprint density at radius 2 is 2.08 bits per heavy atom. The van der Waals surface area contributed by atoms with Gasteiger partial charge in [-0.05, 0) is 30.5 Å². The molecule has 1 atom stereocenters. The SMILES string of the molecule is Cc1cc(=O)n2c(n1)SCC2CC(=O)Nc1ccc(C(C)C)cc1. The van der Waals surface area contributed by atoms with Crippen LogP contribution < -0.4 is 10.9 Å². The van der Waals surface area contributed by atoms with Crippen molar-refractivity contribution in [3.05, 3.63) is 51.9 Å². The molecule has 6 heteroatoms. The summed E-state index contributed by atoms with van der Waals surface area (Å²) in [6, 6.07) is 9.27. The van der Waals surface area contributed by atoms with Crippen LogP contribution in [0.1, 0.15) is 43.5 Å². The Balaban J connectivity index is 1.68. The van der Waals surface area contributed by atoms with Crippen LogP contribution in [0.5, 0.6) is 0 Å². The third-order valence-corrected chi connectivity index (χ3v) is 5.20. The molecular weight excluding hydrogens is 322 g/mol. The first-order chi connectivity index (χ1) is 11.4. The summed E-state index contributed by atoms with van der Waals surface area (Å²) in [5.74, 6) is 1.08. The Morgan fingerprint density at radius 3 is 2.75 bits per heavy atom. The van der Waals surface area contributed by atoms with E-state index in [0.29, 0.717) is 22.5 Å². The summed E-state index contributed by atoms with van der Waals surface area (Å²) >= 11 is 1.53. The molecule has 1 aromatic carbocycles. The largest absolute Gasteiger partial charge is 0.326 e. The van der Waals surface area contributed by atoms with Gasteiger partial charge in [-0.1, -0.05) is 37.7 Å². The van der Waals surface area contributed by atoms with E-state index in [1.54, 1.807) is 4.57 Å². The van der Waals surface area contributed by atoms with Crippen molar-refractivity contribution in [2.24, 2.45) is 0 Å². The number of benzene rings is 1. The van der Waals surface area contributed by atoms with Crippen LogP contribution in [0.3, 0.4) is 0 Å². The molecule has 0 aliphatic carbocycles. The monoisotopic (exact) mass is 343 g/mol. The van der Waals surface area contributed by atoms with E-state index in [1.165, 1.54) is 23.4 Å². The molecule has 0 spiro atoms. The smallest absolute Gasteiger partial charge is 0.254 e. The number of hydrogen-bond donors (Lipinski definition) is 1. The number of carbonyl (C=O) groups is 1. The second-order valence-corrected chi connectivity index (χ2v) is 7.37. The van der Waals surface area contributed by atoms with Crippen LogP contribution >= 0.6 is 11.8 Å². The van der Waals surface area contributed by atoms with Crippen LogP contribution in [-0.4, -0.2) is 21.2 Å². The summed E-state index contributed by atoms with van der Waals surface area (Å²) in [6.45, 7) is 6.08. The van der Waals surface area contributed by atoms with E-state index in [-0.39, 0.29) is 23.9 Å². The Labute approximate surface area is 145 Å². The van der Waals surface area contributed by atoms with Crippen LogP contribution in [0.25, 0.3) is 0 Å². The fourth-order valence-corrected chi connectivity index (χ4v) is 3.99. The topological polar surface area (TPSA) is 64.0 Å². The molecule has 0 saturated carbocycles. The number of thioether (sulfide) groups is 1. The third-order valence-electron chi connectivity index (χ3n) is 4.10. The van der Waals surface area contributed by atoms with Crippen molar-refractivity contribution in [1.82, 2.24) is 9.55 Å². The van der Waals surface area contributed by atoms with Gasteiger partial charge in [0.25, 0.3) is 5.56 Å². The lowest BCUT2D eigenvalue weighted by molar-refractivity contribution is -0.116. The van der Waals surface area contributed by atoms with Gasteiger partial charge in [-0.15, -0.1) is 0 Å². The van der Waals surface area contributed by atoms with Crippen molar-refractivity contribution in [3.63, 3.8) is 0 Å². The number of aromatic nitrogens is 2. The van der Waals surface area contributed by atoms with E-state index in [4.69, 9.17) is 0 Å². The predicted molar refractivity (Wildman–Crippen MR) is 96.8 cm³/mol. The highest BCUT2D eigenvalue weighted by molar-refractivity contribution is 7.99. The Kier molecular flexibility index (Phi) is 4.76. The van der Waals surface area contributed by atoms with Gasteiger partial charge in [0.05, 0.1) is 6.04 Å². The third kappa shape index (κ3) is 3.53. The molecule has 1 amide bonds. The summed E-state index contributed by atoms with van der Waals surface area (Å²) in [6.07, 6.45) is 0.274. The maximum absolute atomic E-state index is 12.3. The molecule has 1 unspecified atom stereocenters. The average molecular weight is 343 g/mol. The first-order valence-electron chi connectivity index (χ1n) is 8.07. The van der Waals surface area contributed by atoms with Gasteiger partial charge in [0.15, 0.2) is 5.16 Å². The summed E-state index contributed by atoms with van der Waals surface area (Å²) in [5.41, 5.74) is 2.66. The van der Waals surface area contributed by atoms with Gasteiger partial charge in [-0.25, -0.2) is 4.98 Å². The Hall–Kier alpha value is -2.08. The van der Waals surface area contributed by atoms with Gasteiger partial charge < -0.3 is 5.32 Å². The standard InChI is InChI=1S/C18H21N3O2S/c1-11(2)13-4-6-14(7-5-13)20-16(22)9-15-10-24-18-19-12(3)8-17(23)21(15)18/h4-8,11,15H,9-10H2,1-3H3,(H,20,22). The van der Waals surface area contributed by atoms with Crippen LogP contribution in [0.4, 0.5) is 5.69 Å². The van der Waals surface area contributed by atoms with Crippen LogP contribution in [-0.2, 0) is 4.79 Å². The molecule has 0 bridgehead atoms. The van der Waals surface area contributed by atoms with Crippen molar-refractivity contribution in [2.75, 3.05) is 11.1 Å². The normalized spacial score (nSPS) is 16.2. The van der Waals surface area contributed by atoms with E-state index in [9.17, 15) is 9.59 Å². The first-order valence-corrected chi connectivity index (χ1v) is 9.05. The molecule has 1 aliphatic heterocycles. The minimum atomic E-state index is -0.138. The van der Waals surface area contributed by atoms with E-state index < -0.39 is 0 Å². The van der Waals surface area contributed by atoms with Crippen molar-refractivity contribution in [1.29, 1.82) is 0 Å². The highest BCUT2D eigenvalue weighted by Crippen LogP contribution is 2.32.